The zero-order chi connectivity index (χ0) is 7.82. The first-order valence-electron chi connectivity index (χ1n) is 3.62. The molecule has 2 nitrogen and oxygen atoms in total. The van der Waals surface area contributed by atoms with Gasteiger partial charge in [-0.25, -0.2) is 4.74 Å². The molecule has 0 saturated heterocycles. The third-order valence-corrected chi connectivity index (χ3v) is 1.20. The molecule has 0 aromatic carbocycles. The lowest BCUT2D eigenvalue weighted by Gasteiger charge is -1.93. The van der Waals surface area contributed by atoms with Crippen LogP contribution < -0.4 is 0 Å². The monoisotopic (exact) mass is 141 g/mol. The molecule has 0 amide bonds. The van der Waals surface area contributed by atoms with Gasteiger partial charge >= 0.3 is 0 Å². The Hall–Kier alpha value is -0.790. The zero-order valence-electron chi connectivity index (χ0n) is 6.71. The van der Waals surface area contributed by atoms with Gasteiger partial charge in [0, 0.05) is 6.42 Å². The third kappa shape index (κ3) is 7.21. The van der Waals surface area contributed by atoms with Crippen molar-refractivity contribution < 1.29 is 4.74 Å². The SMILES string of the molecule is C/C=C/CCC/C=[N+](/C)[O-]. The molecule has 10 heavy (non-hydrogen) atoms. The van der Waals surface area contributed by atoms with E-state index in [9.17, 15) is 5.21 Å². The van der Waals surface area contributed by atoms with Crippen LogP contribution in [0.2, 0.25) is 0 Å². The van der Waals surface area contributed by atoms with E-state index in [1.807, 2.05) is 13.0 Å². The van der Waals surface area contributed by atoms with Crippen LogP contribution in [0.4, 0.5) is 0 Å². The van der Waals surface area contributed by atoms with Crippen molar-refractivity contribution in [3.05, 3.63) is 17.4 Å². The number of hydroxylamine groups is 1. The average molecular weight is 141 g/mol. The fraction of sp³-hybridized carbons (Fsp3) is 0.625. The molecule has 0 aliphatic carbocycles. The van der Waals surface area contributed by atoms with Crippen molar-refractivity contribution in [2.24, 2.45) is 0 Å². The number of nitrogens with zero attached hydrogens (tertiary/aromatic N) is 1. The molecule has 0 rings (SSSR count). The zero-order valence-corrected chi connectivity index (χ0v) is 6.71. The molecule has 0 aromatic rings. The summed E-state index contributed by atoms with van der Waals surface area (Å²) in [5, 5.41) is 10.3. The molecule has 2 heteroatoms. The maximum atomic E-state index is 10.3. The minimum atomic E-state index is 0.857. The van der Waals surface area contributed by atoms with Crippen LogP contribution in [-0.2, 0) is 0 Å². The fourth-order valence-electron chi connectivity index (χ4n) is 0.675. The van der Waals surface area contributed by atoms with E-state index in [1.54, 1.807) is 6.21 Å². The number of allylic oxidation sites excluding steroid dienone is 2. The number of rotatable bonds is 4. The van der Waals surface area contributed by atoms with Crippen molar-refractivity contribution in [3.63, 3.8) is 0 Å². The summed E-state index contributed by atoms with van der Waals surface area (Å²) in [7, 11) is 1.51. The van der Waals surface area contributed by atoms with Gasteiger partial charge in [0.05, 0.1) is 0 Å². The van der Waals surface area contributed by atoms with E-state index in [2.05, 4.69) is 6.08 Å². The highest BCUT2D eigenvalue weighted by Gasteiger charge is 1.83. The Morgan fingerprint density at radius 1 is 1.40 bits per heavy atom. The molecule has 0 aliphatic heterocycles. The average Bonchev–Trinajstić information content (AvgIpc) is 1.87. The summed E-state index contributed by atoms with van der Waals surface area (Å²) >= 11 is 0. The summed E-state index contributed by atoms with van der Waals surface area (Å²) in [6, 6.07) is 0. The van der Waals surface area contributed by atoms with Gasteiger partial charge in [0.2, 0.25) is 0 Å². The summed E-state index contributed by atoms with van der Waals surface area (Å²) in [4.78, 5) is 0. The van der Waals surface area contributed by atoms with Crippen molar-refractivity contribution in [1.82, 2.24) is 0 Å². The van der Waals surface area contributed by atoms with Crippen LogP contribution >= 0.6 is 0 Å². The summed E-state index contributed by atoms with van der Waals surface area (Å²) in [6.07, 6.45) is 8.81. The molecular weight excluding hydrogens is 126 g/mol. The van der Waals surface area contributed by atoms with Gasteiger partial charge in [0.15, 0.2) is 6.21 Å². The van der Waals surface area contributed by atoms with E-state index in [4.69, 9.17) is 0 Å². The van der Waals surface area contributed by atoms with E-state index in [1.165, 1.54) is 7.05 Å². The molecular formula is C8H15NO. The Bertz CT molecular complexity index is 123. The van der Waals surface area contributed by atoms with Gasteiger partial charge < -0.3 is 5.21 Å². The molecule has 0 aromatic heterocycles. The lowest BCUT2D eigenvalue weighted by Crippen LogP contribution is -1.94. The summed E-state index contributed by atoms with van der Waals surface area (Å²) in [5.41, 5.74) is 0. The Morgan fingerprint density at radius 3 is 2.60 bits per heavy atom. The lowest BCUT2D eigenvalue weighted by molar-refractivity contribution is -0.418. The number of hydrogen-bond acceptors (Lipinski definition) is 1. The van der Waals surface area contributed by atoms with Gasteiger partial charge in [0.1, 0.15) is 7.05 Å². The first kappa shape index (κ1) is 9.21. The van der Waals surface area contributed by atoms with E-state index >= 15 is 0 Å². The van der Waals surface area contributed by atoms with Crippen molar-refractivity contribution in [2.45, 2.75) is 26.2 Å². The second-order valence-corrected chi connectivity index (χ2v) is 2.23. The lowest BCUT2D eigenvalue weighted by atomic mass is 10.2. The Labute approximate surface area is 62.5 Å². The van der Waals surface area contributed by atoms with Gasteiger partial charge in [-0.05, 0) is 19.8 Å². The molecule has 0 spiro atoms. The topological polar surface area (TPSA) is 26.1 Å². The van der Waals surface area contributed by atoms with Gasteiger partial charge in [-0.2, -0.15) is 0 Å². The van der Waals surface area contributed by atoms with E-state index in [0.29, 0.717) is 0 Å². The van der Waals surface area contributed by atoms with Gasteiger partial charge in [-0.3, -0.25) is 0 Å². The van der Waals surface area contributed by atoms with Crippen LogP contribution in [0.5, 0.6) is 0 Å². The van der Waals surface area contributed by atoms with Gasteiger partial charge in [0.25, 0.3) is 0 Å². The first-order chi connectivity index (χ1) is 4.77. The van der Waals surface area contributed by atoms with Crippen LogP contribution in [0.1, 0.15) is 26.2 Å². The molecule has 58 valence electrons. The van der Waals surface area contributed by atoms with E-state index in [0.717, 1.165) is 24.0 Å². The molecule has 0 bridgehead atoms. The molecule has 0 fully saturated rings. The van der Waals surface area contributed by atoms with Crippen LogP contribution in [0, 0.1) is 5.21 Å². The minimum absolute atomic E-state index is 0.857. The first-order valence-corrected chi connectivity index (χ1v) is 3.62. The highest BCUT2D eigenvalue weighted by atomic mass is 16.5. The second-order valence-electron chi connectivity index (χ2n) is 2.23. The predicted octanol–water partition coefficient (Wildman–Crippen LogP) is 1.94. The number of unbranched alkanes of at least 4 members (excludes halogenated alkanes) is 2. The van der Waals surface area contributed by atoms with Crippen LogP contribution in [0.15, 0.2) is 12.2 Å². The second kappa shape index (κ2) is 6.33. The standard InChI is InChI=1S/C8H15NO/c1-3-4-5-6-7-8-9(2)10/h3-4,8H,5-7H2,1-2H3/b4-3+,9-8-. The fourth-order valence-corrected chi connectivity index (χ4v) is 0.675. The van der Waals surface area contributed by atoms with Gasteiger partial charge in [-0.15, -0.1) is 0 Å². The molecule has 0 heterocycles. The van der Waals surface area contributed by atoms with Crippen LogP contribution in [-0.4, -0.2) is 18.0 Å². The van der Waals surface area contributed by atoms with Crippen molar-refractivity contribution in [2.75, 3.05) is 7.05 Å². The molecule has 0 atom stereocenters. The quantitative estimate of drug-likeness (QED) is 0.147. The Balaban J connectivity index is 3.13. The maximum absolute atomic E-state index is 10.3. The molecule has 0 aliphatic rings. The van der Waals surface area contributed by atoms with Gasteiger partial charge in [-0.1, -0.05) is 12.2 Å². The highest BCUT2D eigenvalue weighted by Crippen LogP contribution is 1.93. The Morgan fingerprint density at radius 2 is 2.10 bits per heavy atom. The van der Waals surface area contributed by atoms with Crippen molar-refractivity contribution >= 4 is 6.21 Å². The molecule has 0 saturated carbocycles. The van der Waals surface area contributed by atoms with E-state index < -0.39 is 0 Å². The molecule has 0 N–H and O–H groups in total. The summed E-state index contributed by atoms with van der Waals surface area (Å²) in [6.45, 7) is 2.00. The largest absolute Gasteiger partial charge is 0.624 e. The third-order valence-electron chi connectivity index (χ3n) is 1.20. The molecule has 0 unspecified atom stereocenters. The molecule has 0 radical (unpaired) electrons. The van der Waals surface area contributed by atoms with Crippen molar-refractivity contribution in [1.29, 1.82) is 0 Å². The van der Waals surface area contributed by atoms with Crippen LogP contribution in [0.3, 0.4) is 0 Å². The van der Waals surface area contributed by atoms with Crippen molar-refractivity contribution in [3.8, 4) is 0 Å². The van der Waals surface area contributed by atoms with Crippen LogP contribution in [0.25, 0.3) is 0 Å². The highest BCUT2D eigenvalue weighted by molar-refractivity contribution is 5.50. The minimum Gasteiger partial charge on any atom is -0.624 e. The van der Waals surface area contributed by atoms with E-state index in [-0.39, 0.29) is 0 Å². The predicted molar refractivity (Wildman–Crippen MR) is 44.3 cm³/mol. The smallest absolute Gasteiger partial charge is 0.150 e. The normalized spacial score (nSPS) is 12.8. The Kier molecular flexibility index (Phi) is 5.83. The maximum Gasteiger partial charge on any atom is 0.150 e. The number of hydrogen-bond donors (Lipinski definition) is 0. The summed E-state index contributed by atoms with van der Waals surface area (Å²) in [5.74, 6) is 0. The summed E-state index contributed by atoms with van der Waals surface area (Å²) < 4.78 is 0.857.